The number of rotatable bonds is 5. The van der Waals surface area contributed by atoms with E-state index in [4.69, 9.17) is 26.0 Å². The first-order valence-electron chi connectivity index (χ1n) is 4.53. The van der Waals surface area contributed by atoms with Crippen LogP contribution in [0.2, 0.25) is 0 Å². The van der Waals surface area contributed by atoms with E-state index in [1.54, 1.807) is 13.0 Å². The Morgan fingerprint density at radius 1 is 1.62 bits per heavy atom. The molecule has 0 unspecified atom stereocenters. The van der Waals surface area contributed by atoms with E-state index in [2.05, 4.69) is 5.16 Å². The van der Waals surface area contributed by atoms with Gasteiger partial charge < -0.3 is 15.3 Å². The Balaban J connectivity index is 4.67. The number of nitrogens with zero attached hydrogens (tertiary/aromatic N) is 2. The van der Waals surface area contributed by atoms with Gasteiger partial charge in [-0.2, -0.15) is 5.26 Å². The highest BCUT2D eigenvalue weighted by molar-refractivity contribution is 6.45. The summed E-state index contributed by atoms with van der Waals surface area (Å²) in [4.78, 5) is 16.2. The van der Waals surface area contributed by atoms with E-state index in [0.29, 0.717) is 0 Å². The zero-order chi connectivity index (χ0) is 12.8. The highest BCUT2D eigenvalue weighted by Gasteiger charge is 2.32. The van der Waals surface area contributed by atoms with Crippen molar-refractivity contribution in [3.05, 3.63) is 0 Å². The first-order chi connectivity index (χ1) is 7.35. The minimum absolute atomic E-state index is 0.215. The number of carbonyl (C=O) groups is 1. The summed E-state index contributed by atoms with van der Waals surface area (Å²) in [7, 11) is 0. The lowest BCUT2D eigenvalue weighted by Gasteiger charge is -2.19. The van der Waals surface area contributed by atoms with E-state index in [-0.39, 0.29) is 6.61 Å². The van der Waals surface area contributed by atoms with Crippen molar-refractivity contribution in [2.75, 3.05) is 6.61 Å². The first-order valence-corrected chi connectivity index (χ1v) is 4.53. The minimum Gasteiger partial charge on any atom is -0.463 e. The largest absolute Gasteiger partial charge is 0.463 e. The Labute approximate surface area is 93.3 Å². The summed E-state index contributed by atoms with van der Waals surface area (Å²) < 4.78 is 4.73. The van der Waals surface area contributed by atoms with Gasteiger partial charge in [-0.3, -0.25) is 5.41 Å². The molecule has 7 heteroatoms. The maximum Gasteiger partial charge on any atom is 0.352 e. The maximum atomic E-state index is 11.4. The monoisotopic (exact) mass is 226 g/mol. The van der Waals surface area contributed by atoms with E-state index in [0.717, 1.165) is 0 Å². The van der Waals surface area contributed by atoms with Crippen LogP contribution in [0.15, 0.2) is 5.16 Å². The Hall–Kier alpha value is -2.10. The predicted octanol–water partition coefficient (Wildman–Crippen LogP) is 0.160. The number of ether oxygens (including phenoxy) is 1. The van der Waals surface area contributed by atoms with E-state index < -0.39 is 23.1 Å². The van der Waals surface area contributed by atoms with Crippen LogP contribution >= 0.6 is 0 Å². The lowest BCUT2D eigenvalue weighted by molar-refractivity contribution is -0.167. The third-order valence-electron chi connectivity index (χ3n) is 1.49. The van der Waals surface area contributed by atoms with Crippen molar-refractivity contribution in [3.63, 3.8) is 0 Å². The van der Waals surface area contributed by atoms with E-state index in [9.17, 15) is 4.79 Å². The van der Waals surface area contributed by atoms with Crippen LogP contribution in [0.5, 0.6) is 0 Å². The van der Waals surface area contributed by atoms with Crippen molar-refractivity contribution in [2.45, 2.75) is 26.4 Å². The summed E-state index contributed by atoms with van der Waals surface area (Å²) in [5.74, 6) is -1.14. The molecule has 0 aliphatic heterocycles. The van der Waals surface area contributed by atoms with Crippen molar-refractivity contribution in [2.24, 2.45) is 10.9 Å². The molecule has 0 fully saturated rings. The molecule has 0 heterocycles. The Kier molecular flexibility index (Phi) is 4.95. The second-order valence-corrected chi connectivity index (χ2v) is 3.29. The fourth-order valence-electron chi connectivity index (χ4n) is 0.632. The van der Waals surface area contributed by atoms with Crippen LogP contribution in [0, 0.1) is 16.7 Å². The number of nitrogens with two attached hydrogens (primary N) is 1. The molecule has 0 aromatic heterocycles. The second kappa shape index (κ2) is 5.70. The molecule has 0 aromatic rings. The fraction of sp³-hybridized carbons (Fsp3) is 0.556. The van der Waals surface area contributed by atoms with Gasteiger partial charge in [0, 0.05) is 0 Å². The fourth-order valence-corrected chi connectivity index (χ4v) is 0.632. The SMILES string of the molecule is CCOC(=O)C(C)(C)O/N=C(\C#N)C(=N)N. The summed E-state index contributed by atoms with van der Waals surface area (Å²) in [6.07, 6.45) is 0. The van der Waals surface area contributed by atoms with Gasteiger partial charge in [0.05, 0.1) is 6.61 Å². The number of nitrogens with one attached hydrogen (secondary N) is 1. The van der Waals surface area contributed by atoms with E-state index in [1.807, 2.05) is 0 Å². The highest BCUT2D eigenvalue weighted by Crippen LogP contribution is 2.12. The molecule has 3 N–H and O–H groups in total. The number of hydrogen-bond acceptors (Lipinski definition) is 6. The van der Waals surface area contributed by atoms with Crippen molar-refractivity contribution < 1.29 is 14.4 Å². The molecule has 0 aliphatic carbocycles. The van der Waals surface area contributed by atoms with Gasteiger partial charge in [0.25, 0.3) is 0 Å². The standard InChI is InChI=1S/C9H14N4O3/c1-4-15-8(14)9(2,3)16-13-6(5-10)7(11)12/h4H2,1-3H3,(H3,11,12)/b13-6+. The molecule has 0 rings (SSSR count). The average Bonchev–Trinajstić information content (AvgIpc) is 2.18. The second-order valence-electron chi connectivity index (χ2n) is 3.29. The maximum absolute atomic E-state index is 11.4. The summed E-state index contributed by atoms with van der Waals surface area (Å²) in [6, 6.07) is 1.57. The number of oxime groups is 1. The third-order valence-corrected chi connectivity index (χ3v) is 1.49. The number of carbonyl (C=O) groups excluding carboxylic acids is 1. The summed E-state index contributed by atoms with van der Waals surface area (Å²) in [5, 5.41) is 18.8. The Bertz CT molecular complexity index is 354. The number of esters is 1. The summed E-state index contributed by atoms with van der Waals surface area (Å²) in [5.41, 5.74) is 3.33. The molecule has 7 nitrogen and oxygen atoms in total. The molecule has 0 atom stereocenters. The Morgan fingerprint density at radius 2 is 2.19 bits per heavy atom. The van der Waals surface area contributed by atoms with Crippen LogP contribution in [-0.2, 0) is 14.4 Å². The van der Waals surface area contributed by atoms with Crippen LogP contribution in [0.4, 0.5) is 0 Å². The van der Waals surface area contributed by atoms with Crippen LogP contribution < -0.4 is 5.73 Å². The quantitative estimate of drug-likeness (QED) is 0.299. The predicted molar refractivity (Wildman–Crippen MR) is 56.8 cm³/mol. The minimum atomic E-state index is -1.33. The van der Waals surface area contributed by atoms with E-state index >= 15 is 0 Å². The lowest BCUT2D eigenvalue weighted by atomic mass is 10.1. The summed E-state index contributed by atoms with van der Waals surface area (Å²) in [6.45, 7) is 4.74. The molecule has 16 heavy (non-hydrogen) atoms. The molecular formula is C9H14N4O3. The zero-order valence-electron chi connectivity index (χ0n) is 9.40. The van der Waals surface area contributed by atoms with Crippen molar-refractivity contribution in [1.29, 1.82) is 10.7 Å². The van der Waals surface area contributed by atoms with Gasteiger partial charge in [0.1, 0.15) is 6.07 Å². The first kappa shape index (κ1) is 13.9. The van der Waals surface area contributed by atoms with Crippen LogP contribution in [0.25, 0.3) is 0 Å². The number of amidine groups is 1. The third kappa shape index (κ3) is 3.96. The molecule has 0 amide bonds. The zero-order valence-corrected chi connectivity index (χ0v) is 9.40. The molecule has 0 radical (unpaired) electrons. The molecule has 0 bridgehead atoms. The molecule has 88 valence electrons. The van der Waals surface area contributed by atoms with Gasteiger partial charge in [0.15, 0.2) is 5.84 Å². The normalized spacial score (nSPS) is 11.5. The smallest absolute Gasteiger partial charge is 0.352 e. The molecule has 0 aliphatic rings. The summed E-state index contributed by atoms with van der Waals surface area (Å²) >= 11 is 0. The van der Waals surface area contributed by atoms with Crippen LogP contribution in [0.1, 0.15) is 20.8 Å². The number of nitriles is 1. The molecular weight excluding hydrogens is 212 g/mol. The molecule has 0 spiro atoms. The van der Waals surface area contributed by atoms with Crippen LogP contribution in [-0.4, -0.2) is 29.7 Å². The van der Waals surface area contributed by atoms with Crippen molar-refractivity contribution in [1.82, 2.24) is 0 Å². The lowest BCUT2D eigenvalue weighted by Crippen LogP contribution is -2.36. The van der Waals surface area contributed by atoms with Crippen molar-refractivity contribution >= 4 is 17.5 Å². The van der Waals surface area contributed by atoms with E-state index in [1.165, 1.54) is 13.8 Å². The highest BCUT2D eigenvalue weighted by atomic mass is 16.7. The average molecular weight is 226 g/mol. The van der Waals surface area contributed by atoms with Crippen molar-refractivity contribution in [3.8, 4) is 6.07 Å². The molecule has 0 saturated heterocycles. The van der Waals surface area contributed by atoms with Crippen LogP contribution in [0.3, 0.4) is 0 Å². The molecule has 0 saturated carbocycles. The number of hydrogen-bond donors (Lipinski definition) is 2. The van der Waals surface area contributed by atoms with Gasteiger partial charge in [-0.25, -0.2) is 4.79 Å². The van der Waals surface area contributed by atoms with Gasteiger partial charge in [-0.15, -0.1) is 0 Å². The van der Waals surface area contributed by atoms with Gasteiger partial charge in [-0.05, 0) is 20.8 Å². The van der Waals surface area contributed by atoms with Gasteiger partial charge >= 0.3 is 5.97 Å². The Morgan fingerprint density at radius 3 is 2.56 bits per heavy atom. The van der Waals surface area contributed by atoms with Gasteiger partial charge in [-0.1, -0.05) is 5.16 Å². The topological polar surface area (TPSA) is 122 Å². The molecule has 0 aromatic carbocycles. The van der Waals surface area contributed by atoms with Gasteiger partial charge in [0.2, 0.25) is 11.3 Å².